The van der Waals surface area contributed by atoms with E-state index in [0.717, 1.165) is 12.1 Å². The number of nitrogens with zero attached hydrogens (tertiary/aromatic N) is 1. The van der Waals surface area contributed by atoms with Gasteiger partial charge in [0.25, 0.3) is 0 Å². The van der Waals surface area contributed by atoms with Crippen LogP contribution in [0.25, 0.3) is 43.4 Å². The SMILES string of the molecule is CCc1ccc(N(c2ccccc2)c2ccc3c4c(ccc3c2)-c2c(c3ccccc3c3ccccc23)C4(C)C)cc1. The van der Waals surface area contributed by atoms with Crippen molar-refractivity contribution >= 4 is 49.4 Å². The van der Waals surface area contributed by atoms with E-state index in [1.165, 1.54) is 71.5 Å². The normalized spacial score (nSPS) is 13.4. The van der Waals surface area contributed by atoms with Crippen LogP contribution in [0.4, 0.5) is 17.1 Å². The number of rotatable bonds is 4. The van der Waals surface area contributed by atoms with E-state index < -0.39 is 0 Å². The van der Waals surface area contributed by atoms with Crippen molar-refractivity contribution in [3.05, 3.63) is 150 Å². The monoisotopic (exact) mass is 539 g/mol. The number of benzene rings is 7. The second-order valence-electron chi connectivity index (χ2n) is 12.1. The molecule has 8 rings (SSSR count). The van der Waals surface area contributed by atoms with E-state index in [1.54, 1.807) is 0 Å². The second-order valence-corrected chi connectivity index (χ2v) is 12.1. The Balaban J connectivity index is 1.36. The van der Waals surface area contributed by atoms with E-state index in [4.69, 9.17) is 0 Å². The smallest absolute Gasteiger partial charge is 0.0468 e. The average Bonchev–Trinajstić information content (AvgIpc) is 3.29. The van der Waals surface area contributed by atoms with Gasteiger partial charge in [0.2, 0.25) is 0 Å². The molecule has 1 aliphatic carbocycles. The third kappa shape index (κ3) is 3.56. The summed E-state index contributed by atoms with van der Waals surface area (Å²) in [5, 5.41) is 7.99. The van der Waals surface area contributed by atoms with E-state index in [-0.39, 0.29) is 5.41 Å². The lowest BCUT2D eigenvalue weighted by Gasteiger charge is -2.27. The maximum Gasteiger partial charge on any atom is 0.0468 e. The minimum Gasteiger partial charge on any atom is -0.310 e. The number of hydrogen-bond donors (Lipinski definition) is 0. The van der Waals surface area contributed by atoms with Crippen molar-refractivity contribution in [3.63, 3.8) is 0 Å². The van der Waals surface area contributed by atoms with E-state index >= 15 is 0 Å². The lowest BCUT2D eigenvalue weighted by Crippen LogP contribution is -2.16. The van der Waals surface area contributed by atoms with Gasteiger partial charge in [-0.15, -0.1) is 0 Å². The van der Waals surface area contributed by atoms with Crippen LogP contribution in [-0.2, 0) is 11.8 Å². The molecule has 202 valence electrons. The predicted molar refractivity (Wildman–Crippen MR) is 181 cm³/mol. The number of anilines is 3. The molecule has 0 fully saturated rings. The number of aryl methyl sites for hydroxylation is 1. The van der Waals surface area contributed by atoms with Crippen LogP contribution in [0.5, 0.6) is 0 Å². The summed E-state index contributed by atoms with van der Waals surface area (Å²) >= 11 is 0. The van der Waals surface area contributed by atoms with Crippen LogP contribution in [0.3, 0.4) is 0 Å². The van der Waals surface area contributed by atoms with Crippen molar-refractivity contribution in [1.82, 2.24) is 0 Å². The van der Waals surface area contributed by atoms with E-state index in [2.05, 4.69) is 159 Å². The standard InChI is InChI=1S/C41H33N/c1-4-27-18-21-30(22-19-27)42(29-12-6-5-7-13-29)31-23-25-32-28(26-31)20-24-37-38-35-16-10-8-14-33(35)34-15-9-11-17-36(34)40(38)41(2,3)39(32)37/h5-26H,4H2,1-3H3. The Morgan fingerprint density at radius 1 is 0.500 bits per heavy atom. The highest BCUT2D eigenvalue weighted by molar-refractivity contribution is 6.19. The van der Waals surface area contributed by atoms with Gasteiger partial charge in [-0.05, 0) is 103 Å². The third-order valence-corrected chi connectivity index (χ3v) is 9.33. The predicted octanol–water partition coefficient (Wildman–Crippen LogP) is 11.5. The summed E-state index contributed by atoms with van der Waals surface area (Å²) in [5.41, 5.74) is 10.4. The van der Waals surface area contributed by atoms with E-state index in [0.29, 0.717) is 0 Å². The lowest BCUT2D eigenvalue weighted by molar-refractivity contribution is 0.672. The molecule has 0 heterocycles. The lowest BCUT2D eigenvalue weighted by atomic mass is 9.78. The Bertz CT molecular complexity index is 2140. The number of para-hydroxylation sites is 1. The van der Waals surface area contributed by atoms with Gasteiger partial charge < -0.3 is 4.90 Å². The summed E-state index contributed by atoms with van der Waals surface area (Å²) < 4.78 is 0. The number of hydrogen-bond acceptors (Lipinski definition) is 1. The van der Waals surface area contributed by atoms with Crippen LogP contribution < -0.4 is 4.90 Å². The first-order valence-electron chi connectivity index (χ1n) is 15.0. The fourth-order valence-corrected chi connectivity index (χ4v) is 7.44. The Labute approximate surface area is 247 Å². The van der Waals surface area contributed by atoms with Gasteiger partial charge in [0.1, 0.15) is 0 Å². The van der Waals surface area contributed by atoms with Crippen LogP contribution in [0.15, 0.2) is 133 Å². The molecule has 1 nitrogen and oxygen atoms in total. The first-order chi connectivity index (χ1) is 20.6. The van der Waals surface area contributed by atoms with Gasteiger partial charge in [0.05, 0.1) is 0 Å². The molecule has 0 radical (unpaired) electrons. The molecule has 0 saturated heterocycles. The van der Waals surface area contributed by atoms with Crippen LogP contribution in [-0.4, -0.2) is 0 Å². The molecule has 0 spiro atoms. The fourth-order valence-electron chi connectivity index (χ4n) is 7.44. The van der Waals surface area contributed by atoms with Gasteiger partial charge in [-0.3, -0.25) is 0 Å². The van der Waals surface area contributed by atoms with Gasteiger partial charge in [0, 0.05) is 22.5 Å². The summed E-state index contributed by atoms with van der Waals surface area (Å²) in [4.78, 5) is 2.37. The maximum atomic E-state index is 2.41. The van der Waals surface area contributed by atoms with Crippen molar-refractivity contribution in [1.29, 1.82) is 0 Å². The van der Waals surface area contributed by atoms with Crippen LogP contribution in [0.1, 0.15) is 37.5 Å². The molecule has 42 heavy (non-hydrogen) atoms. The highest BCUT2D eigenvalue weighted by Crippen LogP contribution is 2.56. The average molecular weight is 540 g/mol. The molecule has 0 amide bonds. The van der Waals surface area contributed by atoms with Crippen molar-refractivity contribution < 1.29 is 0 Å². The molecule has 0 bridgehead atoms. The van der Waals surface area contributed by atoms with Gasteiger partial charge in [0.15, 0.2) is 0 Å². The van der Waals surface area contributed by atoms with E-state index in [1.807, 2.05) is 0 Å². The first kappa shape index (κ1) is 24.9. The highest BCUT2D eigenvalue weighted by atomic mass is 15.1. The maximum absolute atomic E-state index is 2.41. The van der Waals surface area contributed by atoms with Crippen LogP contribution >= 0.6 is 0 Å². The van der Waals surface area contributed by atoms with Crippen molar-refractivity contribution in [2.75, 3.05) is 4.90 Å². The Kier molecular flexibility index (Phi) is 5.52. The molecular weight excluding hydrogens is 506 g/mol. The van der Waals surface area contributed by atoms with Crippen molar-refractivity contribution in [3.8, 4) is 11.1 Å². The summed E-state index contributed by atoms with van der Waals surface area (Å²) in [6.45, 7) is 7.03. The summed E-state index contributed by atoms with van der Waals surface area (Å²) in [7, 11) is 0. The minimum absolute atomic E-state index is 0.134. The zero-order chi connectivity index (χ0) is 28.4. The molecule has 0 N–H and O–H groups in total. The Morgan fingerprint density at radius 2 is 1.10 bits per heavy atom. The topological polar surface area (TPSA) is 3.24 Å². The molecule has 7 aromatic carbocycles. The van der Waals surface area contributed by atoms with Gasteiger partial charge >= 0.3 is 0 Å². The highest BCUT2D eigenvalue weighted by Gasteiger charge is 2.39. The molecule has 0 saturated carbocycles. The molecule has 0 aliphatic heterocycles. The molecule has 0 atom stereocenters. The molecule has 1 aliphatic rings. The van der Waals surface area contributed by atoms with Gasteiger partial charge in [-0.25, -0.2) is 0 Å². The second kappa shape index (κ2) is 9.33. The quantitative estimate of drug-likeness (QED) is 0.201. The summed E-state index contributed by atoms with van der Waals surface area (Å²) in [6.07, 6.45) is 1.04. The fraction of sp³-hybridized carbons (Fsp3) is 0.122. The first-order valence-corrected chi connectivity index (χ1v) is 15.0. The van der Waals surface area contributed by atoms with Crippen molar-refractivity contribution in [2.45, 2.75) is 32.6 Å². The summed E-state index contributed by atoms with van der Waals surface area (Å²) in [5.74, 6) is 0. The Hall–Kier alpha value is -4.88. The Morgan fingerprint density at radius 3 is 1.81 bits per heavy atom. The molecule has 7 aromatic rings. The summed E-state index contributed by atoms with van der Waals surface area (Å²) in [6, 6.07) is 49.3. The third-order valence-electron chi connectivity index (χ3n) is 9.33. The van der Waals surface area contributed by atoms with E-state index in [9.17, 15) is 0 Å². The van der Waals surface area contributed by atoms with Crippen LogP contribution in [0, 0.1) is 0 Å². The molecule has 1 heteroatoms. The molecule has 0 aromatic heterocycles. The minimum atomic E-state index is -0.134. The zero-order valence-corrected chi connectivity index (χ0v) is 24.4. The van der Waals surface area contributed by atoms with Crippen LogP contribution in [0.2, 0.25) is 0 Å². The molecule has 0 unspecified atom stereocenters. The van der Waals surface area contributed by atoms with Gasteiger partial charge in [-0.1, -0.05) is 118 Å². The van der Waals surface area contributed by atoms with Crippen molar-refractivity contribution in [2.24, 2.45) is 0 Å². The number of fused-ring (bicyclic) bond motifs is 10. The molecular formula is C41H33N. The zero-order valence-electron chi connectivity index (χ0n) is 24.4. The van der Waals surface area contributed by atoms with Gasteiger partial charge in [-0.2, -0.15) is 0 Å². The largest absolute Gasteiger partial charge is 0.310 e.